The van der Waals surface area contributed by atoms with Crippen molar-refractivity contribution in [1.29, 1.82) is 0 Å². The first-order valence-electron chi connectivity index (χ1n) is 24.7. The summed E-state index contributed by atoms with van der Waals surface area (Å²) < 4.78 is 8.82. The number of imidazole rings is 2. The lowest BCUT2D eigenvalue weighted by Gasteiger charge is -2.24. The van der Waals surface area contributed by atoms with Crippen molar-refractivity contribution >= 4 is 34.1 Å². The standard InChI is InChI=1S/C24H39N5O5.C23H39N5O6/c1-26-18-25-22-21(26)23(31)29(24(32)27(22)2)15-11-9-7-5-4-6-8-10-14-20(30)28-16-12-13-19(28)17-34-33-3;1-4-33-34-16-18(15-29)25-19(30)13-11-9-7-5-6-8-10-12-14-28-22(31)20-21(24-17-26(20)2)27(3)23(28)32/h18-19H,4-17H2,1-3H3;17-18,29H,4-16H2,1-3H3,(H,25,30). The molecule has 1 aliphatic heterocycles. The number of aliphatic hydroxyl groups is 1. The number of fused-ring (bicyclic) bond motifs is 2. The van der Waals surface area contributed by atoms with Crippen LogP contribution in [-0.2, 0) is 70.4 Å². The minimum absolute atomic E-state index is 0.0927. The Hall–Kier alpha value is -4.96. The second-order valence-corrected chi connectivity index (χ2v) is 17.8. The molecule has 382 valence electrons. The highest BCUT2D eigenvalue weighted by Gasteiger charge is 2.28. The summed E-state index contributed by atoms with van der Waals surface area (Å²) in [4.78, 5) is 104. The van der Waals surface area contributed by atoms with Gasteiger partial charge in [-0.1, -0.05) is 77.0 Å². The van der Waals surface area contributed by atoms with E-state index < -0.39 is 6.04 Å². The molecule has 5 rings (SSSR count). The molecule has 1 aliphatic rings. The number of aryl methyl sites for hydroxylation is 4. The van der Waals surface area contributed by atoms with Crippen LogP contribution in [0.15, 0.2) is 31.8 Å². The third-order valence-corrected chi connectivity index (χ3v) is 12.6. The van der Waals surface area contributed by atoms with E-state index >= 15 is 0 Å². The van der Waals surface area contributed by atoms with Crippen LogP contribution in [0.2, 0.25) is 0 Å². The highest BCUT2D eigenvalue weighted by atomic mass is 17.2. The van der Waals surface area contributed by atoms with Crippen molar-refractivity contribution in [2.75, 3.05) is 40.1 Å². The number of likely N-dealkylation sites (tertiary alicyclic amines) is 1. The van der Waals surface area contributed by atoms with Gasteiger partial charge in [-0.15, -0.1) is 0 Å². The van der Waals surface area contributed by atoms with E-state index in [9.17, 15) is 33.9 Å². The molecule has 21 heteroatoms. The Morgan fingerprint density at radius 1 is 0.691 bits per heavy atom. The topological polar surface area (TPSA) is 230 Å². The number of aromatic nitrogens is 8. The fraction of sp³-hybridized carbons (Fsp3) is 0.745. The Bertz CT molecular complexity index is 2400. The van der Waals surface area contributed by atoms with Gasteiger partial charge in [-0.05, 0) is 45.4 Å². The summed E-state index contributed by atoms with van der Waals surface area (Å²) in [5.41, 5.74) is 0.564. The van der Waals surface area contributed by atoms with Gasteiger partial charge in [0, 0.05) is 60.7 Å². The maximum Gasteiger partial charge on any atom is 0.332 e. The zero-order valence-corrected chi connectivity index (χ0v) is 41.5. The van der Waals surface area contributed by atoms with Gasteiger partial charge in [0.25, 0.3) is 11.1 Å². The Balaban J connectivity index is 0.000000297. The molecule has 4 aromatic rings. The average Bonchev–Trinajstić information content (AvgIpc) is 4.08. The van der Waals surface area contributed by atoms with Gasteiger partial charge in [-0.2, -0.15) is 0 Å². The number of nitrogens with zero attached hydrogens (tertiary/aromatic N) is 9. The highest BCUT2D eigenvalue weighted by Crippen LogP contribution is 2.20. The third kappa shape index (κ3) is 16.3. The molecule has 2 atom stereocenters. The normalized spacial score (nSPS) is 14.2. The summed E-state index contributed by atoms with van der Waals surface area (Å²) in [7, 11) is 8.30. The highest BCUT2D eigenvalue weighted by molar-refractivity contribution is 5.77. The molecule has 2 unspecified atom stereocenters. The first-order chi connectivity index (χ1) is 32.9. The molecule has 5 heterocycles. The maximum atomic E-state index is 12.7. The van der Waals surface area contributed by atoms with Crippen LogP contribution in [0.5, 0.6) is 0 Å². The number of carbonyl (C=O) groups is 2. The molecule has 21 nitrogen and oxygen atoms in total. The van der Waals surface area contributed by atoms with Crippen LogP contribution in [0.4, 0.5) is 0 Å². The van der Waals surface area contributed by atoms with Crippen LogP contribution in [0.1, 0.15) is 135 Å². The largest absolute Gasteiger partial charge is 0.394 e. The Morgan fingerprint density at radius 2 is 1.16 bits per heavy atom. The zero-order chi connectivity index (χ0) is 49.4. The van der Waals surface area contributed by atoms with Crippen molar-refractivity contribution in [3.05, 3.63) is 54.3 Å². The molecule has 0 aromatic carbocycles. The third-order valence-electron chi connectivity index (χ3n) is 12.6. The summed E-state index contributed by atoms with van der Waals surface area (Å²) in [5.74, 6) is 0.137. The van der Waals surface area contributed by atoms with Gasteiger partial charge in [-0.25, -0.2) is 39.1 Å². The number of carbonyl (C=O) groups excluding carboxylic acids is 2. The number of aliphatic hydroxyl groups excluding tert-OH is 1. The second kappa shape index (κ2) is 29.8. The van der Waals surface area contributed by atoms with Gasteiger partial charge in [0.15, 0.2) is 22.3 Å². The molecular formula is C47H78N10O11. The van der Waals surface area contributed by atoms with Gasteiger partial charge in [0.05, 0.1) is 45.1 Å². The van der Waals surface area contributed by atoms with Gasteiger partial charge >= 0.3 is 11.4 Å². The van der Waals surface area contributed by atoms with E-state index in [1.54, 1.807) is 56.9 Å². The fourth-order valence-corrected chi connectivity index (χ4v) is 8.69. The van der Waals surface area contributed by atoms with Crippen molar-refractivity contribution < 1.29 is 34.2 Å². The van der Waals surface area contributed by atoms with Crippen LogP contribution >= 0.6 is 0 Å². The number of unbranched alkanes of at least 4 members (excludes halogenated alkanes) is 14. The van der Waals surface area contributed by atoms with E-state index in [-0.39, 0.29) is 53.6 Å². The first kappa shape index (κ1) is 55.6. The summed E-state index contributed by atoms with van der Waals surface area (Å²) in [6.07, 6.45) is 22.2. The van der Waals surface area contributed by atoms with Gasteiger partial charge in [0.1, 0.15) is 13.2 Å². The minimum atomic E-state index is -0.457. The van der Waals surface area contributed by atoms with Crippen molar-refractivity contribution in [3.8, 4) is 0 Å². The van der Waals surface area contributed by atoms with Gasteiger partial charge in [0.2, 0.25) is 11.8 Å². The predicted octanol–water partition coefficient (Wildman–Crippen LogP) is 3.90. The summed E-state index contributed by atoms with van der Waals surface area (Å²) in [6, 6.07) is -0.310. The number of hydrogen-bond acceptors (Lipinski definition) is 13. The Labute approximate surface area is 398 Å². The summed E-state index contributed by atoms with van der Waals surface area (Å²) in [6.45, 7) is 4.25. The average molecular weight is 959 g/mol. The molecule has 0 radical (unpaired) electrons. The molecule has 2 N–H and O–H groups in total. The molecule has 0 aliphatic carbocycles. The van der Waals surface area contributed by atoms with Crippen molar-refractivity contribution in [3.63, 3.8) is 0 Å². The first-order valence-corrected chi connectivity index (χ1v) is 24.7. The molecule has 0 bridgehead atoms. The lowest BCUT2D eigenvalue weighted by Crippen LogP contribution is -2.40. The number of nitrogens with one attached hydrogen (secondary N) is 1. The Morgan fingerprint density at radius 3 is 1.63 bits per heavy atom. The molecule has 68 heavy (non-hydrogen) atoms. The minimum Gasteiger partial charge on any atom is -0.394 e. The van der Waals surface area contributed by atoms with Crippen LogP contribution in [0, 0.1) is 0 Å². The molecule has 1 fully saturated rings. The molecular weight excluding hydrogens is 881 g/mol. The van der Waals surface area contributed by atoms with Crippen LogP contribution in [0.25, 0.3) is 22.3 Å². The zero-order valence-electron chi connectivity index (χ0n) is 41.5. The van der Waals surface area contributed by atoms with E-state index in [1.165, 1.54) is 25.4 Å². The quantitative estimate of drug-likeness (QED) is 0.0415. The lowest BCUT2D eigenvalue weighted by molar-refractivity contribution is -0.295. The van der Waals surface area contributed by atoms with E-state index in [2.05, 4.69) is 20.2 Å². The SMILES string of the molecule is CCOOCC(CO)NC(=O)CCCCCCCCCCn1c(=O)c2c(ncn2C)n(C)c1=O.COOCC1CCCN1C(=O)CCCCCCCCCCn1c(=O)c2c(ncn2C)n(C)c1=O. The van der Waals surface area contributed by atoms with Crippen LogP contribution < -0.4 is 27.8 Å². The van der Waals surface area contributed by atoms with Crippen LogP contribution in [-0.4, -0.2) is 111 Å². The summed E-state index contributed by atoms with van der Waals surface area (Å²) >= 11 is 0. The molecule has 0 spiro atoms. The molecule has 4 aromatic heterocycles. The smallest absolute Gasteiger partial charge is 0.332 e. The number of hydrogen-bond donors (Lipinski definition) is 2. The van der Waals surface area contributed by atoms with Crippen LogP contribution in [0.3, 0.4) is 0 Å². The van der Waals surface area contributed by atoms with E-state index in [1.807, 2.05) is 4.90 Å². The number of rotatable bonds is 31. The maximum absolute atomic E-state index is 12.7. The van der Waals surface area contributed by atoms with E-state index in [0.29, 0.717) is 61.5 Å². The Kier molecular flexibility index (Phi) is 24.4. The van der Waals surface area contributed by atoms with E-state index in [0.717, 1.165) is 122 Å². The molecule has 2 amide bonds. The fourth-order valence-electron chi connectivity index (χ4n) is 8.69. The van der Waals surface area contributed by atoms with Gasteiger partial charge in [-0.3, -0.25) is 37.4 Å². The van der Waals surface area contributed by atoms with E-state index in [4.69, 9.17) is 14.7 Å². The monoisotopic (exact) mass is 959 g/mol. The van der Waals surface area contributed by atoms with Crippen molar-refractivity contribution in [1.82, 2.24) is 47.6 Å². The van der Waals surface area contributed by atoms with Crippen molar-refractivity contribution in [2.45, 2.75) is 161 Å². The summed E-state index contributed by atoms with van der Waals surface area (Å²) in [5, 5.41) is 12.0. The van der Waals surface area contributed by atoms with Gasteiger partial charge < -0.3 is 24.5 Å². The van der Waals surface area contributed by atoms with Crippen molar-refractivity contribution in [2.24, 2.45) is 28.2 Å². The molecule has 0 saturated carbocycles. The lowest BCUT2D eigenvalue weighted by atomic mass is 10.1. The molecule has 1 saturated heterocycles. The predicted molar refractivity (Wildman–Crippen MR) is 258 cm³/mol. The second-order valence-electron chi connectivity index (χ2n) is 17.8. The number of amides is 2.